The van der Waals surface area contributed by atoms with Gasteiger partial charge >= 0.3 is 12.1 Å². The van der Waals surface area contributed by atoms with Gasteiger partial charge in [0, 0.05) is 6.92 Å². The van der Waals surface area contributed by atoms with E-state index in [2.05, 4.69) is 10.1 Å². The first-order valence-electron chi connectivity index (χ1n) is 5.25. The second kappa shape index (κ2) is 6.22. The predicted molar refractivity (Wildman–Crippen MR) is 60.5 cm³/mol. The van der Waals surface area contributed by atoms with Crippen LogP contribution in [-0.2, 0) is 19.1 Å². The lowest BCUT2D eigenvalue weighted by Gasteiger charge is -2.22. The molecule has 1 atom stereocenters. The molecule has 1 amide bonds. The van der Waals surface area contributed by atoms with Crippen LogP contribution in [0.15, 0.2) is 0 Å². The highest BCUT2D eigenvalue weighted by atomic mass is 16.6. The van der Waals surface area contributed by atoms with Gasteiger partial charge in [-0.15, -0.1) is 0 Å². The molecule has 17 heavy (non-hydrogen) atoms. The molecule has 1 unspecified atom stereocenters. The van der Waals surface area contributed by atoms with E-state index < -0.39 is 23.7 Å². The first-order valence-corrected chi connectivity index (χ1v) is 5.25. The molecule has 0 rings (SSSR count). The third kappa shape index (κ3) is 8.24. The zero-order valence-electron chi connectivity index (χ0n) is 10.8. The molecule has 0 aliphatic heterocycles. The molecule has 0 saturated heterocycles. The Balaban J connectivity index is 4.30. The fourth-order valence-corrected chi connectivity index (χ4v) is 0.911. The second-order valence-corrected chi connectivity index (χ2v) is 4.61. The van der Waals surface area contributed by atoms with E-state index >= 15 is 0 Å². The van der Waals surface area contributed by atoms with Crippen LogP contribution in [0.4, 0.5) is 4.79 Å². The molecule has 0 aromatic rings. The lowest BCUT2D eigenvalue weighted by atomic mass is 10.2. The van der Waals surface area contributed by atoms with E-state index in [1.807, 2.05) is 0 Å². The van der Waals surface area contributed by atoms with E-state index in [0.29, 0.717) is 0 Å². The van der Waals surface area contributed by atoms with E-state index in [-0.39, 0.29) is 12.4 Å². The summed E-state index contributed by atoms with van der Waals surface area (Å²) >= 11 is 0. The van der Waals surface area contributed by atoms with Gasteiger partial charge < -0.3 is 14.8 Å². The van der Waals surface area contributed by atoms with Gasteiger partial charge in [-0.3, -0.25) is 9.59 Å². The summed E-state index contributed by atoms with van der Waals surface area (Å²) in [7, 11) is 0. The van der Waals surface area contributed by atoms with Crippen molar-refractivity contribution in [2.45, 2.75) is 46.3 Å². The average Bonchev–Trinajstić information content (AvgIpc) is 2.08. The molecule has 6 heteroatoms. The SMILES string of the molecule is CC(=O)OCC(NC(=O)OC(C)(C)C)C(C)=O. The summed E-state index contributed by atoms with van der Waals surface area (Å²) in [4.78, 5) is 33.2. The van der Waals surface area contributed by atoms with Crippen molar-refractivity contribution in [1.29, 1.82) is 0 Å². The Morgan fingerprint density at radius 3 is 2.06 bits per heavy atom. The maximum absolute atomic E-state index is 11.4. The number of carbonyl (C=O) groups excluding carboxylic acids is 3. The molecule has 0 heterocycles. The molecular formula is C11H19NO5. The first kappa shape index (κ1) is 15.4. The summed E-state index contributed by atoms with van der Waals surface area (Å²) in [6.45, 7) is 7.46. The van der Waals surface area contributed by atoms with E-state index in [1.165, 1.54) is 13.8 Å². The predicted octanol–water partition coefficient (Wildman–Crippen LogP) is 1.03. The molecule has 0 aliphatic carbocycles. The number of esters is 1. The van der Waals surface area contributed by atoms with Crippen molar-refractivity contribution in [3.8, 4) is 0 Å². The summed E-state index contributed by atoms with van der Waals surface area (Å²) in [5.41, 5.74) is -0.646. The fraction of sp³-hybridized carbons (Fsp3) is 0.727. The van der Waals surface area contributed by atoms with E-state index in [9.17, 15) is 14.4 Å². The Hall–Kier alpha value is -1.59. The quantitative estimate of drug-likeness (QED) is 0.748. The molecule has 0 aromatic heterocycles. The topological polar surface area (TPSA) is 81.7 Å². The number of nitrogens with one attached hydrogen (secondary N) is 1. The minimum Gasteiger partial charge on any atom is -0.463 e. The Morgan fingerprint density at radius 1 is 1.18 bits per heavy atom. The van der Waals surface area contributed by atoms with Crippen LogP contribution in [0, 0.1) is 0 Å². The van der Waals surface area contributed by atoms with Crippen molar-refractivity contribution >= 4 is 17.8 Å². The largest absolute Gasteiger partial charge is 0.463 e. The van der Waals surface area contributed by atoms with Gasteiger partial charge in [-0.25, -0.2) is 4.79 Å². The summed E-state index contributed by atoms with van der Waals surface area (Å²) in [6, 6.07) is -0.881. The Morgan fingerprint density at radius 2 is 1.71 bits per heavy atom. The summed E-state index contributed by atoms with van der Waals surface area (Å²) in [5.74, 6) is -0.820. The Labute approximate surface area is 101 Å². The first-order chi connectivity index (χ1) is 7.61. The number of hydrogen-bond donors (Lipinski definition) is 1. The van der Waals surface area contributed by atoms with Crippen molar-refractivity contribution in [3.05, 3.63) is 0 Å². The number of carbonyl (C=O) groups is 3. The maximum atomic E-state index is 11.4. The highest BCUT2D eigenvalue weighted by Crippen LogP contribution is 2.06. The van der Waals surface area contributed by atoms with Crippen LogP contribution in [0.5, 0.6) is 0 Å². The fourth-order valence-electron chi connectivity index (χ4n) is 0.911. The van der Waals surface area contributed by atoms with Gasteiger partial charge in [0.15, 0.2) is 5.78 Å². The van der Waals surface area contributed by atoms with Crippen molar-refractivity contribution in [2.24, 2.45) is 0 Å². The number of ketones is 1. The second-order valence-electron chi connectivity index (χ2n) is 4.61. The van der Waals surface area contributed by atoms with Gasteiger partial charge in [0.05, 0.1) is 0 Å². The number of amides is 1. The maximum Gasteiger partial charge on any atom is 0.408 e. The van der Waals surface area contributed by atoms with Crippen molar-refractivity contribution < 1.29 is 23.9 Å². The minimum atomic E-state index is -0.881. The number of hydrogen-bond acceptors (Lipinski definition) is 5. The number of ether oxygens (including phenoxy) is 2. The van der Waals surface area contributed by atoms with Gasteiger partial charge in [0.25, 0.3) is 0 Å². The normalized spacial score (nSPS) is 12.5. The molecule has 0 radical (unpaired) electrons. The lowest BCUT2D eigenvalue weighted by molar-refractivity contribution is -0.142. The standard InChI is InChI=1S/C11H19NO5/c1-7(13)9(6-16-8(2)14)12-10(15)17-11(3,4)5/h9H,6H2,1-5H3,(H,12,15). The van der Waals surface area contributed by atoms with Gasteiger partial charge in [0.1, 0.15) is 18.2 Å². The summed E-state index contributed by atoms with van der Waals surface area (Å²) in [5, 5.41) is 2.34. The monoisotopic (exact) mass is 245 g/mol. The molecule has 0 spiro atoms. The highest BCUT2D eigenvalue weighted by molar-refractivity contribution is 5.85. The highest BCUT2D eigenvalue weighted by Gasteiger charge is 2.22. The van der Waals surface area contributed by atoms with Crippen molar-refractivity contribution in [1.82, 2.24) is 5.32 Å². The van der Waals surface area contributed by atoms with E-state index in [4.69, 9.17) is 4.74 Å². The third-order valence-electron chi connectivity index (χ3n) is 1.63. The van der Waals surface area contributed by atoms with Crippen molar-refractivity contribution in [2.75, 3.05) is 6.61 Å². The van der Waals surface area contributed by atoms with Crippen LogP contribution < -0.4 is 5.32 Å². The number of alkyl carbamates (subject to hydrolysis) is 1. The van der Waals surface area contributed by atoms with Crippen LogP contribution in [0.2, 0.25) is 0 Å². The Kier molecular flexibility index (Phi) is 5.64. The minimum absolute atomic E-state index is 0.191. The molecule has 0 bridgehead atoms. The van der Waals surface area contributed by atoms with Crippen LogP contribution in [0.3, 0.4) is 0 Å². The molecule has 0 aliphatic rings. The smallest absolute Gasteiger partial charge is 0.408 e. The van der Waals surface area contributed by atoms with Gasteiger partial charge in [0.2, 0.25) is 0 Å². The molecule has 6 nitrogen and oxygen atoms in total. The molecule has 0 fully saturated rings. The van der Waals surface area contributed by atoms with E-state index in [0.717, 1.165) is 0 Å². The molecule has 1 N–H and O–H groups in total. The number of Topliss-reactive ketones (excluding diaryl/α,β-unsaturated/α-hetero) is 1. The third-order valence-corrected chi connectivity index (χ3v) is 1.63. The summed E-state index contributed by atoms with van der Waals surface area (Å²) < 4.78 is 9.65. The average molecular weight is 245 g/mol. The van der Waals surface area contributed by atoms with Gasteiger partial charge in [-0.2, -0.15) is 0 Å². The molecule has 0 saturated carbocycles. The van der Waals surface area contributed by atoms with Gasteiger partial charge in [-0.05, 0) is 27.7 Å². The lowest BCUT2D eigenvalue weighted by Crippen LogP contribution is -2.45. The Bertz CT molecular complexity index is 305. The van der Waals surface area contributed by atoms with Crippen molar-refractivity contribution in [3.63, 3.8) is 0 Å². The molecular weight excluding hydrogens is 226 g/mol. The van der Waals surface area contributed by atoms with Crippen LogP contribution in [0.25, 0.3) is 0 Å². The zero-order chi connectivity index (χ0) is 13.6. The summed E-state index contributed by atoms with van der Waals surface area (Å²) in [6.07, 6.45) is -0.718. The van der Waals surface area contributed by atoms with E-state index in [1.54, 1.807) is 20.8 Å². The molecule has 0 aromatic carbocycles. The van der Waals surface area contributed by atoms with Crippen LogP contribution in [0.1, 0.15) is 34.6 Å². The van der Waals surface area contributed by atoms with Crippen LogP contribution in [-0.4, -0.2) is 36.1 Å². The zero-order valence-corrected chi connectivity index (χ0v) is 10.8. The van der Waals surface area contributed by atoms with Crippen LogP contribution >= 0.6 is 0 Å². The number of rotatable bonds is 4. The molecule has 98 valence electrons. The van der Waals surface area contributed by atoms with Gasteiger partial charge in [-0.1, -0.05) is 0 Å².